The standard InChI is InChI=1S/C15H22N2O4S/c1-21-11-12-5-3-6-13(9-12)15(18)17-8-4-7-14(10-17)16-22(2,19)20/h3,5-6,9,14,16H,4,7-8,10-11H2,1-2H3/t14-/m0/s1. The molecule has 122 valence electrons. The third kappa shape index (κ3) is 4.79. The molecule has 0 saturated carbocycles. The zero-order valence-electron chi connectivity index (χ0n) is 12.9. The summed E-state index contributed by atoms with van der Waals surface area (Å²) in [7, 11) is -1.64. The van der Waals surface area contributed by atoms with Gasteiger partial charge >= 0.3 is 0 Å². The minimum absolute atomic E-state index is 0.0713. The molecule has 1 N–H and O–H groups in total. The van der Waals surface area contributed by atoms with E-state index in [9.17, 15) is 13.2 Å². The summed E-state index contributed by atoms with van der Waals surface area (Å²) in [6.45, 7) is 1.51. The van der Waals surface area contributed by atoms with Crippen LogP contribution in [0.15, 0.2) is 24.3 Å². The lowest BCUT2D eigenvalue weighted by molar-refractivity contribution is 0.0703. The molecule has 1 heterocycles. The first-order valence-corrected chi connectivity index (χ1v) is 9.12. The monoisotopic (exact) mass is 326 g/mol. The topological polar surface area (TPSA) is 75.7 Å². The fraction of sp³-hybridized carbons (Fsp3) is 0.533. The van der Waals surface area contributed by atoms with E-state index in [1.54, 1.807) is 18.1 Å². The van der Waals surface area contributed by atoms with Crippen LogP contribution in [0.5, 0.6) is 0 Å². The Bertz CT molecular complexity index is 630. The highest BCUT2D eigenvalue weighted by Crippen LogP contribution is 2.15. The number of rotatable bonds is 5. The van der Waals surface area contributed by atoms with E-state index in [1.165, 1.54) is 0 Å². The Morgan fingerprint density at radius 3 is 2.91 bits per heavy atom. The number of hydrogen-bond acceptors (Lipinski definition) is 4. The summed E-state index contributed by atoms with van der Waals surface area (Å²) in [5, 5.41) is 0. The number of likely N-dealkylation sites (tertiary alicyclic amines) is 1. The van der Waals surface area contributed by atoms with Crippen molar-refractivity contribution in [3.8, 4) is 0 Å². The van der Waals surface area contributed by atoms with Gasteiger partial charge in [-0.15, -0.1) is 0 Å². The Labute approximate surface area is 131 Å². The smallest absolute Gasteiger partial charge is 0.253 e. The maximum absolute atomic E-state index is 12.6. The van der Waals surface area contributed by atoms with E-state index in [1.807, 2.05) is 18.2 Å². The second kappa shape index (κ2) is 7.21. The molecule has 0 spiro atoms. The molecule has 1 atom stereocenters. The van der Waals surface area contributed by atoms with E-state index < -0.39 is 10.0 Å². The minimum Gasteiger partial charge on any atom is -0.380 e. The molecule has 0 aromatic heterocycles. The fourth-order valence-corrected chi connectivity index (χ4v) is 3.50. The summed E-state index contributed by atoms with van der Waals surface area (Å²) in [6.07, 6.45) is 2.68. The van der Waals surface area contributed by atoms with Crippen molar-refractivity contribution in [3.63, 3.8) is 0 Å². The Balaban J connectivity index is 2.07. The van der Waals surface area contributed by atoms with Gasteiger partial charge in [-0.05, 0) is 30.5 Å². The van der Waals surface area contributed by atoms with Crippen molar-refractivity contribution in [2.75, 3.05) is 26.5 Å². The van der Waals surface area contributed by atoms with Crippen LogP contribution < -0.4 is 4.72 Å². The van der Waals surface area contributed by atoms with Gasteiger partial charge in [0.2, 0.25) is 10.0 Å². The molecule has 22 heavy (non-hydrogen) atoms. The van der Waals surface area contributed by atoms with Crippen LogP contribution in [0, 0.1) is 0 Å². The predicted octanol–water partition coefficient (Wildman–Crippen LogP) is 0.987. The first-order valence-electron chi connectivity index (χ1n) is 7.23. The van der Waals surface area contributed by atoms with Crippen LogP contribution in [-0.4, -0.2) is 51.7 Å². The molecule has 1 aromatic rings. The molecule has 0 aliphatic carbocycles. The average Bonchev–Trinajstić information content (AvgIpc) is 2.46. The number of nitrogens with zero attached hydrogens (tertiary/aromatic N) is 1. The van der Waals surface area contributed by atoms with E-state index in [4.69, 9.17) is 4.74 Å². The number of piperidine rings is 1. The highest BCUT2D eigenvalue weighted by Gasteiger charge is 2.26. The zero-order chi connectivity index (χ0) is 16.2. The van der Waals surface area contributed by atoms with Gasteiger partial charge in [0.15, 0.2) is 0 Å². The summed E-state index contributed by atoms with van der Waals surface area (Å²) in [5.74, 6) is -0.0713. The number of hydrogen-bond donors (Lipinski definition) is 1. The predicted molar refractivity (Wildman–Crippen MR) is 84.1 cm³/mol. The van der Waals surface area contributed by atoms with Crippen molar-refractivity contribution in [3.05, 3.63) is 35.4 Å². The van der Waals surface area contributed by atoms with Crippen molar-refractivity contribution in [2.45, 2.75) is 25.5 Å². The second-order valence-corrected chi connectivity index (χ2v) is 7.39. The number of methoxy groups -OCH3 is 1. The maximum atomic E-state index is 12.6. The van der Waals surface area contributed by atoms with Gasteiger partial charge in [-0.1, -0.05) is 12.1 Å². The van der Waals surface area contributed by atoms with E-state index in [-0.39, 0.29) is 11.9 Å². The van der Waals surface area contributed by atoms with Gasteiger partial charge in [-0.25, -0.2) is 13.1 Å². The zero-order valence-corrected chi connectivity index (χ0v) is 13.7. The van der Waals surface area contributed by atoms with Crippen LogP contribution in [0.25, 0.3) is 0 Å². The van der Waals surface area contributed by atoms with Crippen LogP contribution in [0.3, 0.4) is 0 Å². The number of amides is 1. The van der Waals surface area contributed by atoms with Gasteiger partial charge in [-0.2, -0.15) is 0 Å². The van der Waals surface area contributed by atoms with Crippen molar-refractivity contribution >= 4 is 15.9 Å². The van der Waals surface area contributed by atoms with Gasteiger partial charge < -0.3 is 9.64 Å². The number of carbonyl (C=O) groups excluding carboxylic acids is 1. The van der Waals surface area contributed by atoms with E-state index in [2.05, 4.69) is 4.72 Å². The van der Waals surface area contributed by atoms with Crippen LogP contribution in [0.2, 0.25) is 0 Å². The van der Waals surface area contributed by atoms with Crippen molar-refractivity contribution < 1.29 is 17.9 Å². The molecule has 0 unspecified atom stereocenters. The minimum atomic E-state index is -3.26. The van der Waals surface area contributed by atoms with Gasteiger partial charge in [0.25, 0.3) is 5.91 Å². The molecule has 1 fully saturated rings. The van der Waals surface area contributed by atoms with Crippen LogP contribution >= 0.6 is 0 Å². The molecule has 0 bridgehead atoms. The molecule has 1 amide bonds. The fourth-order valence-electron chi connectivity index (χ4n) is 2.70. The van der Waals surface area contributed by atoms with E-state index >= 15 is 0 Å². The van der Waals surface area contributed by atoms with Gasteiger partial charge in [0.05, 0.1) is 12.9 Å². The maximum Gasteiger partial charge on any atom is 0.253 e. The summed E-state index contributed by atoms with van der Waals surface area (Å²) >= 11 is 0. The van der Waals surface area contributed by atoms with Gasteiger partial charge in [0, 0.05) is 31.8 Å². The molecule has 0 radical (unpaired) electrons. The molecular weight excluding hydrogens is 304 g/mol. The number of nitrogens with one attached hydrogen (secondary N) is 1. The summed E-state index contributed by atoms with van der Waals surface area (Å²) in [4.78, 5) is 14.3. The molecule has 6 nitrogen and oxygen atoms in total. The van der Waals surface area contributed by atoms with Crippen molar-refractivity contribution in [2.24, 2.45) is 0 Å². The summed E-state index contributed by atoms with van der Waals surface area (Å²) < 4.78 is 30.3. The second-order valence-electron chi connectivity index (χ2n) is 5.61. The lowest BCUT2D eigenvalue weighted by Crippen LogP contribution is -2.49. The van der Waals surface area contributed by atoms with Crippen LogP contribution in [-0.2, 0) is 21.4 Å². The third-order valence-electron chi connectivity index (χ3n) is 3.57. The average molecular weight is 326 g/mol. The summed E-state index contributed by atoms with van der Waals surface area (Å²) in [6, 6.07) is 7.12. The number of carbonyl (C=O) groups is 1. The quantitative estimate of drug-likeness (QED) is 0.875. The lowest BCUT2D eigenvalue weighted by Gasteiger charge is -2.32. The molecule has 7 heteroatoms. The number of ether oxygens (including phenoxy) is 1. The van der Waals surface area contributed by atoms with Gasteiger partial charge in [0.1, 0.15) is 0 Å². The normalized spacial score (nSPS) is 19.2. The third-order valence-corrected chi connectivity index (χ3v) is 4.34. The van der Waals surface area contributed by atoms with E-state index in [0.717, 1.165) is 24.7 Å². The highest BCUT2D eigenvalue weighted by atomic mass is 32.2. The largest absolute Gasteiger partial charge is 0.380 e. The van der Waals surface area contributed by atoms with Crippen molar-refractivity contribution in [1.29, 1.82) is 0 Å². The Kier molecular flexibility index (Phi) is 5.55. The first kappa shape index (κ1) is 16.9. The molecule has 1 aliphatic heterocycles. The number of benzene rings is 1. The van der Waals surface area contributed by atoms with Crippen LogP contribution in [0.1, 0.15) is 28.8 Å². The van der Waals surface area contributed by atoms with Gasteiger partial charge in [-0.3, -0.25) is 4.79 Å². The Hall–Kier alpha value is -1.44. The SMILES string of the molecule is COCc1cccc(C(=O)N2CCC[C@H](NS(C)(=O)=O)C2)c1. The Morgan fingerprint density at radius 2 is 2.23 bits per heavy atom. The molecule has 2 rings (SSSR count). The first-order chi connectivity index (χ1) is 10.4. The summed E-state index contributed by atoms with van der Waals surface area (Å²) in [5.41, 5.74) is 1.55. The molecule has 1 aliphatic rings. The van der Waals surface area contributed by atoms with Crippen molar-refractivity contribution in [1.82, 2.24) is 9.62 Å². The van der Waals surface area contributed by atoms with E-state index in [0.29, 0.717) is 25.3 Å². The number of sulfonamides is 1. The highest BCUT2D eigenvalue weighted by molar-refractivity contribution is 7.88. The van der Waals surface area contributed by atoms with Crippen LogP contribution in [0.4, 0.5) is 0 Å². The lowest BCUT2D eigenvalue weighted by atomic mass is 10.0. The molecule has 1 aromatic carbocycles. The molecule has 1 saturated heterocycles. The molecular formula is C15H22N2O4S. The Morgan fingerprint density at radius 1 is 1.45 bits per heavy atom.